The number of amides is 1. The highest BCUT2D eigenvalue weighted by molar-refractivity contribution is 5.80. The highest BCUT2D eigenvalue weighted by Gasteiger charge is 2.13. The van der Waals surface area contributed by atoms with Crippen LogP contribution in [0.3, 0.4) is 0 Å². The fourth-order valence-corrected chi connectivity index (χ4v) is 2.26. The van der Waals surface area contributed by atoms with Gasteiger partial charge in [-0.2, -0.15) is 5.10 Å². The molecule has 0 saturated carbocycles. The summed E-state index contributed by atoms with van der Waals surface area (Å²) in [6, 6.07) is 11.2. The number of carbonyl (C=O) groups is 1. The number of ether oxygens (including phenoxy) is 1. The minimum atomic E-state index is -0.550. The fourth-order valence-electron chi connectivity index (χ4n) is 2.26. The Balaban J connectivity index is 1.45. The molecule has 0 aliphatic carbocycles. The highest BCUT2D eigenvalue weighted by atomic mass is 16.5. The van der Waals surface area contributed by atoms with Crippen LogP contribution >= 0.6 is 0 Å². The van der Waals surface area contributed by atoms with Gasteiger partial charge in [0.05, 0.1) is 25.3 Å². The summed E-state index contributed by atoms with van der Waals surface area (Å²) in [6.45, 7) is 2.79. The van der Waals surface area contributed by atoms with E-state index in [1.165, 1.54) is 0 Å². The zero-order chi connectivity index (χ0) is 16.8. The van der Waals surface area contributed by atoms with Crippen LogP contribution in [-0.4, -0.2) is 28.3 Å². The number of benzene rings is 1. The van der Waals surface area contributed by atoms with Crippen LogP contribution in [0.1, 0.15) is 6.92 Å². The van der Waals surface area contributed by atoms with Gasteiger partial charge in [0.15, 0.2) is 6.10 Å². The van der Waals surface area contributed by atoms with Gasteiger partial charge in [-0.25, -0.2) is 0 Å². The summed E-state index contributed by atoms with van der Waals surface area (Å²) in [4.78, 5) is 12.1. The molecular formula is C18H19N3O3. The zero-order valence-corrected chi connectivity index (χ0v) is 13.4. The minimum absolute atomic E-state index is 0.152. The van der Waals surface area contributed by atoms with E-state index in [2.05, 4.69) is 10.4 Å². The van der Waals surface area contributed by atoms with Gasteiger partial charge in [0.1, 0.15) is 5.75 Å². The molecule has 2 heterocycles. The lowest BCUT2D eigenvalue weighted by molar-refractivity contribution is -0.127. The normalized spacial score (nSPS) is 11.9. The van der Waals surface area contributed by atoms with E-state index in [1.54, 1.807) is 30.3 Å². The first-order valence-corrected chi connectivity index (χ1v) is 7.77. The van der Waals surface area contributed by atoms with Gasteiger partial charge < -0.3 is 14.5 Å². The second-order valence-electron chi connectivity index (χ2n) is 5.37. The molecule has 0 aliphatic rings. The Morgan fingerprint density at radius 3 is 2.88 bits per heavy atom. The third-order valence-electron chi connectivity index (χ3n) is 3.55. The van der Waals surface area contributed by atoms with Crippen molar-refractivity contribution in [3.05, 3.63) is 61.3 Å². The van der Waals surface area contributed by atoms with Gasteiger partial charge in [-0.15, -0.1) is 0 Å². The third kappa shape index (κ3) is 4.04. The van der Waals surface area contributed by atoms with Crippen LogP contribution in [0, 0.1) is 0 Å². The van der Waals surface area contributed by atoms with Crippen LogP contribution in [0.25, 0.3) is 11.1 Å². The number of para-hydroxylation sites is 1. The Morgan fingerprint density at radius 2 is 2.12 bits per heavy atom. The number of rotatable bonds is 7. The molecule has 3 aromatic rings. The summed E-state index contributed by atoms with van der Waals surface area (Å²) < 4.78 is 12.4. The van der Waals surface area contributed by atoms with Crippen molar-refractivity contribution in [1.29, 1.82) is 0 Å². The first kappa shape index (κ1) is 15.9. The number of carbonyl (C=O) groups excluding carboxylic acids is 1. The van der Waals surface area contributed by atoms with E-state index in [0.717, 1.165) is 11.1 Å². The molecule has 1 amide bonds. The van der Waals surface area contributed by atoms with Crippen LogP contribution < -0.4 is 10.1 Å². The van der Waals surface area contributed by atoms with Crippen molar-refractivity contribution < 1.29 is 13.9 Å². The number of hydrogen-bond donors (Lipinski definition) is 1. The number of furan rings is 1. The van der Waals surface area contributed by atoms with Gasteiger partial charge in [-0.3, -0.25) is 9.48 Å². The monoisotopic (exact) mass is 325 g/mol. The van der Waals surface area contributed by atoms with E-state index in [1.807, 2.05) is 42.6 Å². The van der Waals surface area contributed by atoms with Crippen LogP contribution in [-0.2, 0) is 11.3 Å². The molecule has 6 nitrogen and oxygen atoms in total. The number of hydrogen-bond acceptors (Lipinski definition) is 4. The average Bonchev–Trinajstić information content (AvgIpc) is 3.27. The zero-order valence-electron chi connectivity index (χ0n) is 13.4. The smallest absolute Gasteiger partial charge is 0.260 e. The molecule has 124 valence electrons. The largest absolute Gasteiger partial charge is 0.481 e. The minimum Gasteiger partial charge on any atom is -0.481 e. The van der Waals surface area contributed by atoms with Crippen LogP contribution in [0.4, 0.5) is 0 Å². The van der Waals surface area contributed by atoms with Gasteiger partial charge in [-0.1, -0.05) is 18.2 Å². The van der Waals surface area contributed by atoms with E-state index >= 15 is 0 Å². The van der Waals surface area contributed by atoms with Crippen molar-refractivity contribution >= 4 is 5.91 Å². The molecule has 0 fully saturated rings. The summed E-state index contributed by atoms with van der Waals surface area (Å²) >= 11 is 0. The number of aromatic nitrogens is 2. The molecule has 0 saturated heterocycles. The molecule has 0 radical (unpaired) electrons. The molecule has 2 aromatic heterocycles. The van der Waals surface area contributed by atoms with Gasteiger partial charge in [0.2, 0.25) is 0 Å². The molecule has 24 heavy (non-hydrogen) atoms. The predicted molar refractivity (Wildman–Crippen MR) is 89.5 cm³/mol. The first-order valence-electron chi connectivity index (χ1n) is 7.77. The lowest BCUT2D eigenvalue weighted by Gasteiger charge is -2.14. The van der Waals surface area contributed by atoms with E-state index < -0.39 is 6.10 Å². The van der Waals surface area contributed by atoms with E-state index in [4.69, 9.17) is 9.15 Å². The van der Waals surface area contributed by atoms with Crippen LogP contribution in [0.5, 0.6) is 5.75 Å². The van der Waals surface area contributed by atoms with Gasteiger partial charge >= 0.3 is 0 Å². The molecule has 1 atom stereocenters. The Labute approximate surface area is 140 Å². The SMILES string of the molecule is C[C@@H](Oc1ccccc1)C(=O)NCCn1cc(-c2ccoc2)cn1. The topological polar surface area (TPSA) is 69.3 Å². The maximum absolute atomic E-state index is 12.1. The number of nitrogens with zero attached hydrogens (tertiary/aromatic N) is 2. The van der Waals surface area contributed by atoms with Gasteiger partial charge in [0.25, 0.3) is 5.91 Å². The fraction of sp³-hybridized carbons (Fsp3) is 0.222. The lowest BCUT2D eigenvalue weighted by Crippen LogP contribution is -2.37. The third-order valence-corrected chi connectivity index (χ3v) is 3.55. The van der Waals surface area contributed by atoms with E-state index in [9.17, 15) is 4.79 Å². The number of nitrogens with one attached hydrogen (secondary N) is 1. The highest BCUT2D eigenvalue weighted by Crippen LogP contribution is 2.18. The maximum atomic E-state index is 12.1. The van der Waals surface area contributed by atoms with Crippen molar-refractivity contribution in [2.75, 3.05) is 6.54 Å². The molecule has 0 unspecified atom stereocenters. The van der Waals surface area contributed by atoms with Crippen molar-refractivity contribution in [1.82, 2.24) is 15.1 Å². The average molecular weight is 325 g/mol. The molecule has 0 aliphatic heterocycles. The second kappa shape index (κ2) is 7.50. The Hall–Kier alpha value is -3.02. The van der Waals surface area contributed by atoms with Crippen molar-refractivity contribution in [3.63, 3.8) is 0 Å². The second-order valence-corrected chi connectivity index (χ2v) is 5.37. The quantitative estimate of drug-likeness (QED) is 0.725. The standard InChI is InChI=1S/C18H19N3O3/c1-14(24-17-5-3-2-4-6-17)18(22)19-8-9-21-12-16(11-20-21)15-7-10-23-13-15/h2-7,10-14H,8-9H2,1H3,(H,19,22)/t14-/m1/s1. The molecule has 0 bridgehead atoms. The first-order chi connectivity index (χ1) is 11.7. The van der Waals surface area contributed by atoms with E-state index in [-0.39, 0.29) is 5.91 Å². The van der Waals surface area contributed by atoms with Crippen LogP contribution in [0.15, 0.2) is 65.7 Å². The Kier molecular flexibility index (Phi) is 4.96. The summed E-state index contributed by atoms with van der Waals surface area (Å²) in [5.41, 5.74) is 1.96. The molecule has 6 heteroatoms. The molecule has 1 aromatic carbocycles. The summed E-state index contributed by atoms with van der Waals surface area (Å²) in [5.74, 6) is 0.526. The summed E-state index contributed by atoms with van der Waals surface area (Å²) in [6.07, 6.45) is 6.44. The molecule has 0 spiro atoms. The van der Waals surface area contributed by atoms with Crippen molar-refractivity contribution in [2.45, 2.75) is 19.6 Å². The Morgan fingerprint density at radius 1 is 1.29 bits per heavy atom. The van der Waals surface area contributed by atoms with Gasteiger partial charge in [0, 0.05) is 23.9 Å². The van der Waals surface area contributed by atoms with E-state index in [0.29, 0.717) is 18.8 Å². The maximum Gasteiger partial charge on any atom is 0.260 e. The van der Waals surface area contributed by atoms with Gasteiger partial charge in [-0.05, 0) is 25.1 Å². The predicted octanol–water partition coefficient (Wildman–Crippen LogP) is 2.73. The summed E-state index contributed by atoms with van der Waals surface area (Å²) in [7, 11) is 0. The lowest BCUT2D eigenvalue weighted by atomic mass is 10.2. The Bertz CT molecular complexity index is 766. The molecule has 1 N–H and O–H groups in total. The van der Waals surface area contributed by atoms with Crippen molar-refractivity contribution in [2.24, 2.45) is 0 Å². The molecular weight excluding hydrogens is 306 g/mol. The summed E-state index contributed by atoms with van der Waals surface area (Å²) in [5, 5.41) is 7.13. The van der Waals surface area contributed by atoms with Crippen LogP contribution in [0.2, 0.25) is 0 Å². The molecule has 3 rings (SSSR count). The van der Waals surface area contributed by atoms with Crippen molar-refractivity contribution in [3.8, 4) is 16.9 Å².